The molecule has 0 fully saturated rings. The van der Waals surface area contributed by atoms with Crippen molar-refractivity contribution in [1.82, 2.24) is 10.2 Å². The molecule has 0 saturated heterocycles. The number of carbonyl (C=O) groups excluding carboxylic acids is 1. The molecule has 1 aromatic carbocycles. The van der Waals surface area contributed by atoms with Crippen LogP contribution in [-0.2, 0) is 13.0 Å². The molecule has 1 atom stereocenters. The van der Waals surface area contributed by atoms with E-state index >= 15 is 0 Å². The van der Waals surface area contributed by atoms with E-state index in [0.29, 0.717) is 11.7 Å². The summed E-state index contributed by atoms with van der Waals surface area (Å²) < 4.78 is 6.04. The van der Waals surface area contributed by atoms with Crippen LogP contribution >= 0.6 is 23.1 Å². The minimum Gasteiger partial charge on any atom is -0.467 e. The summed E-state index contributed by atoms with van der Waals surface area (Å²) in [7, 11) is 0. The zero-order valence-corrected chi connectivity index (χ0v) is 15.7. The van der Waals surface area contributed by atoms with E-state index in [1.807, 2.05) is 43.3 Å². The van der Waals surface area contributed by atoms with Crippen molar-refractivity contribution in [3.63, 3.8) is 0 Å². The molecule has 0 aliphatic heterocycles. The van der Waals surface area contributed by atoms with Gasteiger partial charge in [0.05, 0.1) is 18.1 Å². The number of Topliss-reactive ketones (excluding diaryl/α,β-unsaturated/α-hetero) is 1. The number of nitrogens with one attached hydrogen (secondary N) is 1. The van der Waals surface area contributed by atoms with Gasteiger partial charge in [0, 0.05) is 5.56 Å². The van der Waals surface area contributed by atoms with Crippen molar-refractivity contribution >= 4 is 34.0 Å². The third-order valence-corrected chi connectivity index (χ3v) is 5.76. The second-order valence-electron chi connectivity index (χ2n) is 5.48. The Morgan fingerprint density at radius 2 is 2.08 bits per heavy atom. The Labute approximate surface area is 154 Å². The third-order valence-electron chi connectivity index (χ3n) is 3.69. The van der Waals surface area contributed by atoms with E-state index in [1.54, 1.807) is 6.26 Å². The van der Waals surface area contributed by atoms with Gasteiger partial charge in [-0.3, -0.25) is 4.79 Å². The number of anilines is 1. The SMILES string of the molecule is CCc1ccc(C(=O)C(C)Sc2nnc(NCc3ccco3)s2)cc1. The Bertz CT molecular complexity index is 813. The predicted molar refractivity (Wildman–Crippen MR) is 101 cm³/mol. The Hall–Kier alpha value is -2.12. The molecule has 2 aromatic heterocycles. The zero-order valence-electron chi connectivity index (χ0n) is 14.1. The Kier molecular flexibility index (Phi) is 5.88. The molecule has 2 heterocycles. The standard InChI is InChI=1S/C18H19N3O2S2/c1-3-13-6-8-14(9-7-13)16(22)12(2)24-18-21-20-17(25-18)19-11-15-5-4-10-23-15/h4-10,12H,3,11H2,1-2H3,(H,19,20). The molecular formula is C18H19N3O2S2. The smallest absolute Gasteiger partial charge is 0.206 e. The lowest BCUT2D eigenvalue weighted by Gasteiger charge is -2.08. The summed E-state index contributed by atoms with van der Waals surface area (Å²) >= 11 is 2.87. The van der Waals surface area contributed by atoms with E-state index in [-0.39, 0.29) is 11.0 Å². The van der Waals surface area contributed by atoms with Crippen LogP contribution in [0.15, 0.2) is 51.4 Å². The number of ketones is 1. The molecule has 0 saturated carbocycles. The molecule has 0 spiro atoms. The number of hydrogen-bond acceptors (Lipinski definition) is 7. The lowest BCUT2D eigenvalue weighted by molar-refractivity contribution is 0.0994. The van der Waals surface area contributed by atoms with Crippen LogP contribution in [0.4, 0.5) is 5.13 Å². The summed E-state index contributed by atoms with van der Waals surface area (Å²) in [6, 6.07) is 11.6. The van der Waals surface area contributed by atoms with Crippen molar-refractivity contribution in [1.29, 1.82) is 0 Å². The van der Waals surface area contributed by atoms with Crippen LogP contribution in [0.2, 0.25) is 0 Å². The third kappa shape index (κ3) is 4.70. The summed E-state index contributed by atoms with van der Waals surface area (Å²) in [4.78, 5) is 12.5. The largest absolute Gasteiger partial charge is 0.467 e. The zero-order chi connectivity index (χ0) is 17.6. The van der Waals surface area contributed by atoms with Crippen molar-refractivity contribution in [2.45, 2.75) is 36.4 Å². The number of thioether (sulfide) groups is 1. The van der Waals surface area contributed by atoms with Gasteiger partial charge in [-0.2, -0.15) is 0 Å². The molecule has 0 amide bonds. The maximum absolute atomic E-state index is 12.5. The highest BCUT2D eigenvalue weighted by Crippen LogP contribution is 2.30. The monoisotopic (exact) mass is 373 g/mol. The van der Waals surface area contributed by atoms with E-state index < -0.39 is 0 Å². The van der Waals surface area contributed by atoms with Gasteiger partial charge in [-0.1, -0.05) is 54.3 Å². The van der Waals surface area contributed by atoms with Gasteiger partial charge in [-0.05, 0) is 31.0 Å². The highest BCUT2D eigenvalue weighted by Gasteiger charge is 2.18. The van der Waals surface area contributed by atoms with E-state index in [9.17, 15) is 4.79 Å². The first kappa shape index (κ1) is 17.7. The fourth-order valence-corrected chi connectivity index (χ4v) is 4.22. The maximum Gasteiger partial charge on any atom is 0.206 e. The summed E-state index contributed by atoms with van der Waals surface area (Å²) in [6.45, 7) is 4.56. The van der Waals surface area contributed by atoms with E-state index in [1.165, 1.54) is 28.7 Å². The van der Waals surface area contributed by atoms with Gasteiger partial charge >= 0.3 is 0 Å². The van der Waals surface area contributed by atoms with Gasteiger partial charge in [-0.25, -0.2) is 0 Å². The fourth-order valence-electron chi connectivity index (χ4n) is 2.25. The molecule has 0 aliphatic carbocycles. The summed E-state index contributed by atoms with van der Waals surface area (Å²) in [5.41, 5.74) is 1.96. The van der Waals surface area contributed by atoms with Crippen molar-refractivity contribution in [3.05, 3.63) is 59.5 Å². The normalized spacial score (nSPS) is 12.1. The van der Waals surface area contributed by atoms with E-state index in [2.05, 4.69) is 22.4 Å². The van der Waals surface area contributed by atoms with Crippen LogP contribution in [0, 0.1) is 0 Å². The Morgan fingerprint density at radius 3 is 2.76 bits per heavy atom. The van der Waals surface area contributed by atoms with Crippen LogP contribution < -0.4 is 5.32 Å². The van der Waals surface area contributed by atoms with E-state index in [4.69, 9.17) is 4.42 Å². The quantitative estimate of drug-likeness (QED) is 0.457. The molecule has 0 aliphatic rings. The lowest BCUT2D eigenvalue weighted by atomic mass is 10.1. The number of nitrogens with zero attached hydrogens (tertiary/aromatic N) is 2. The molecule has 7 heteroatoms. The molecule has 1 unspecified atom stereocenters. The fraction of sp³-hybridized carbons (Fsp3) is 0.278. The van der Waals surface area contributed by atoms with Crippen molar-refractivity contribution in [2.75, 3.05) is 5.32 Å². The molecular weight excluding hydrogens is 354 g/mol. The Balaban J connectivity index is 1.56. The first-order valence-corrected chi connectivity index (χ1v) is 9.75. The molecule has 1 N–H and O–H groups in total. The predicted octanol–water partition coefficient (Wildman–Crippen LogP) is 4.67. The number of rotatable bonds is 8. The van der Waals surface area contributed by atoms with Crippen molar-refractivity contribution in [3.8, 4) is 0 Å². The number of hydrogen-bond donors (Lipinski definition) is 1. The van der Waals surface area contributed by atoms with Gasteiger partial charge in [0.25, 0.3) is 0 Å². The number of carbonyl (C=O) groups is 1. The van der Waals surface area contributed by atoms with Gasteiger partial charge in [0.1, 0.15) is 5.76 Å². The first-order chi connectivity index (χ1) is 12.2. The number of aryl methyl sites for hydroxylation is 1. The number of aromatic nitrogens is 2. The van der Waals surface area contributed by atoms with Gasteiger partial charge < -0.3 is 9.73 Å². The number of furan rings is 1. The average molecular weight is 374 g/mol. The minimum absolute atomic E-state index is 0.105. The van der Waals surface area contributed by atoms with E-state index in [0.717, 1.165) is 22.1 Å². The molecule has 130 valence electrons. The lowest BCUT2D eigenvalue weighted by Crippen LogP contribution is -2.13. The Morgan fingerprint density at radius 1 is 1.28 bits per heavy atom. The number of benzene rings is 1. The first-order valence-electron chi connectivity index (χ1n) is 8.05. The molecule has 0 radical (unpaired) electrons. The second kappa shape index (κ2) is 8.31. The van der Waals surface area contributed by atoms with Crippen LogP contribution in [0.3, 0.4) is 0 Å². The highest BCUT2D eigenvalue weighted by molar-refractivity contribution is 8.02. The molecule has 3 rings (SSSR count). The summed E-state index contributed by atoms with van der Waals surface area (Å²) in [5, 5.41) is 11.9. The van der Waals surface area contributed by atoms with Gasteiger partial charge in [0.2, 0.25) is 5.13 Å². The van der Waals surface area contributed by atoms with Crippen LogP contribution in [-0.4, -0.2) is 21.2 Å². The topological polar surface area (TPSA) is 68.0 Å². The van der Waals surface area contributed by atoms with Crippen molar-refractivity contribution in [2.24, 2.45) is 0 Å². The van der Waals surface area contributed by atoms with Gasteiger partial charge in [0.15, 0.2) is 10.1 Å². The molecule has 5 nitrogen and oxygen atoms in total. The second-order valence-corrected chi connectivity index (χ2v) is 8.05. The molecule has 3 aromatic rings. The van der Waals surface area contributed by atoms with Gasteiger partial charge in [-0.15, -0.1) is 10.2 Å². The average Bonchev–Trinajstić information content (AvgIpc) is 3.31. The summed E-state index contributed by atoms with van der Waals surface area (Å²) in [6.07, 6.45) is 2.61. The van der Waals surface area contributed by atoms with Crippen LogP contribution in [0.5, 0.6) is 0 Å². The van der Waals surface area contributed by atoms with Crippen molar-refractivity contribution < 1.29 is 9.21 Å². The van der Waals surface area contributed by atoms with Crippen LogP contribution in [0.25, 0.3) is 0 Å². The highest BCUT2D eigenvalue weighted by atomic mass is 32.2. The summed E-state index contributed by atoms with van der Waals surface area (Å²) in [5.74, 6) is 0.941. The molecule has 0 bridgehead atoms. The van der Waals surface area contributed by atoms with Crippen LogP contribution in [0.1, 0.15) is 35.5 Å². The maximum atomic E-state index is 12.5. The molecule has 25 heavy (non-hydrogen) atoms. The minimum atomic E-state index is -0.210.